The predicted octanol–water partition coefficient (Wildman–Crippen LogP) is 0.909. The molecule has 0 unspecified atom stereocenters. The van der Waals surface area contributed by atoms with Crippen molar-refractivity contribution >= 4 is 27.7 Å². The number of hydrogen-bond acceptors (Lipinski definition) is 6. The highest BCUT2D eigenvalue weighted by molar-refractivity contribution is 9.10. The van der Waals surface area contributed by atoms with Gasteiger partial charge in [0.1, 0.15) is 5.82 Å². The van der Waals surface area contributed by atoms with Crippen LogP contribution in [0, 0.1) is 13.8 Å². The van der Waals surface area contributed by atoms with E-state index in [2.05, 4.69) is 36.4 Å². The summed E-state index contributed by atoms with van der Waals surface area (Å²) in [7, 11) is 0. The van der Waals surface area contributed by atoms with Crippen LogP contribution in [-0.4, -0.2) is 19.7 Å². The average Bonchev–Trinajstić information content (AvgIpc) is 2.56. The Morgan fingerprint density at radius 2 is 2.06 bits per heavy atom. The zero-order valence-electron chi connectivity index (χ0n) is 9.40. The van der Waals surface area contributed by atoms with Gasteiger partial charge in [-0.25, -0.2) is 10.5 Å². The number of aromatic nitrogens is 4. The maximum Gasteiger partial charge on any atom is 0.224 e. The lowest BCUT2D eigenvalue weighted by atomic mass is 10.4. The smallest absolute Gasteiger partial charge is 0.224 e. The van der Waals surface area contributed by atoms with E-state index in [4.69, 9.17) is 11.6 Å². The zero-order valence-corrected chi connectivity index (χ0v) is 11.0. The van der Waals surface area contributed by atoms with Gasteiger partial charge in [0.2, 0.25) is 5.95 Å². The second-order valence-electron chi connectivity index (χ2n) is 3.51. The molecule has 0 bridgehead atoms. The summed E-state index contributed by atoms with van der Waals surface area (Å²) in [5.74, 6) is 6.45. The van der Waals surface area contributed by atoms with Crippen LogP contribution in [0.3, 0.4) is 0 Å². The third kappa shape index (κ3) is 2.08. The highest BCUT2D eigenvalue weighted by Gasteiger charge is 2.12. The molecule has 0 spiro atoms. The number of nitrogens with zero attached hydrogens (tertiary/aromatic N) is 4. The standard InChI is InChI=1S/C9H12BrN7/c1-4-8(10)5(2)17(16-4)7-3-6(15-12)13-9(11)14-7/h3H,12H2,1-2H3,(H3,11,13,14,15). The molecule has 0 aliphatic heterocycles. The first-order valence-corrected chi connectivity index (χ1v) is 5.65. The van der Waals surface area contributed by atoms with Gasteiger partial charge in [0, 0.05) is 6.07 Å². The molecule has 0 fully saturated rings. The van der Waals surface area contributed by atoms with Gasteiger partial charge in [-0.2, -0.15) is 15.1 Å². The first-order chi connectivity index (χ1) is 8.02. The second kappa shape index (κ2) is 4.30. The van der Waals surface area contributed by atoms with Crippen LogP contribution in [0.15, 0.2) is 10.5 Å². The van der Waals surface area contributed by atoms with Gasteiger partial charge in [0.05, 0.1) is 15.9 Å². The van der Waals surface area contributed by atoms with Gasteiger partial charge in [-0.3, -0.25) is 0 Å². The minimum Gasteiger partial charge on any atom is -0.368 e. The fourth-order valence-electron chi connectivity index (χ4n) is 1.48. The fraction of sp³-hybridized carbons (Fsp3) is 0.222. The molecule has 0 amide bonds. The normalized spacial score (nSPS) is 10.6. The molecule has 0 aliphatic rings. The Bertz CT molecular complexity index is 563. The second-order valence-corrected chi connectivity index (χ2v) is 4.30. The van der Waals surface area contributed by atoms with Crippen molar-refractivity contribution in [3.05, 3.63) is 21.9 Å². The van der Waals surface area contributed by atoms with Crippen molar-refractivity contribution in [1.82, 2.24) is 19.7 Å². The number of anilines is 2. The van der Waals surface area contributed by atoms with Crippen LogP contribution in [0.4, 0.5) is 11.8 Å². The largest absolute Gasteiger partial charge is 0.368 e. The molecule has 0 saturated heterocycles. The molecular formula is C9H12BrN7. The van der Waals surface area contributed by atoms with Crippen LogP contribution in [0.5, 0.6) is 0 Å². The number of hydrogen-bond donors (Lipinski definition) is 3. The summed E-state index contributed by atoms with van der Waals surface area (Å²) in [6, 6.07) is 1.67. The molecular weight excluding hydrogens is 286 g/mol. The molecule has 0 radical (unpaired) electrons. The molecule has 2 aromatic rings. The van der Waals surface area contributed by atoms with Crippen LogP contribution in [0.2, 0.25) is 0 Å². The van der Waals surface area contributed by atoms with Crippen molar-refractivity contribution in [2.75, 3.05) is 11.2 Å². The molecule has 2 aromatic heterocycles. The Balaban J connectivity index is 2.59. The van der Waals surface area contributed by atoms with E-state index < -0.39 is 0 Å². The maximum atomic E-state index is 5.60. The van der Waals surface area contributed by atoms with Crippen LogP contribution >= 0.6 is 15.9 Å². The average molecular weight is 298 g/mol. The maximum absolute atomic E-state index is 5.60. The SMILES string of the molecule is Cc1nn(-c2cc(NN)nc(N)n2)c(C)c1Br. The van der Waals surface area contributed by atoms with E-state index in [1.54, 1.807) is 10.7 Å². The van der Waals surface area contributed by atoms with E-state index in [0.29, 0.717) is 11.6 Å². The molecule has 0 atom stereocenters. The number of nitrogen functional groups attached to an aromatic ring is 2. The predicted molar refractivity (Wildman–Crippen MR) is 68.6 cm³/mol. The molecule has 2 rings (SSSR count). The van der Waals surface area contributed by atoms with E-state index in [0.717, 1.165) is 15.9 Å². The van der Waals surface area contributed by atoms with Gasteiger partial charge in [-0.1, -0.05) is 0 Å². The lowest BCUT2D eigenvalue weighted by molar-refractivity contribution is 0.803. The minimum atomic E-state index is 0.138. The van der Waals surface area contributed by atoms with Gasteiger partial charge in [-0.05, 0) is 29.8 Å². The van der Waals surface area contributed by atoms with Crippen LogP contribution in [0.1, 0.15) is 11.4 Å². The molecule has 0 saturated carbocycles. The zero-order chi connectivity index (χ0) is 12.6. The lowest BCUT2D eigenvalue weighted by Crippen LogP contribution is -2.12. The number of nitrogens with two attached hydrogens (primary N) is 2. The van der Waals surface area contributed by atoms with Crippen molar-refractivity contribution in [2.45, 2.75) is 13.8 Å². The Hall–Kier alpha value is -1.67. The van der Waals surface area contributed by atoms with Crippen molar-refractivity contribution in [3.8, 4) is 5.82 Å². The minimum absolute atomic E-state index is 0.138. The van der Waals surface area contributed by atoms with Gasteiger partial charge < -0.3 is 11.2 Å². The van der Waals surface area contributed by atoms with Crippen LogP contribution in [0.25, 0.3) is 5.82 Å². The topological polar surface area (TPSA) is 108 Å². The number of rotatable bonds is 2. The first kappa shape index (κ1) is 11.8. The van der Waals surface area contributed by atoms with E-state index >= 15 is 0 Å². The Labute approximate surface area is 106 Å². The van der Waals surface area contributed by atoms with Gasteiger partial charge in [-0.15, -0.1) is 0 Å². The summed E-state index contributed by atoms with van der Waals surface area (Å²) < 4.78 is 2.62. The third-order valence-electron chi connectivity index (χ3n) is 2.30. The summed E-state index contributed by atoms with van der Waals surface area (Å²) in [5.41, 5.74) is 9.84. The highest BCUT2D eigenvalue weighted by Crippen LogP contribution is 2.23. The number of hydrazine groups is 1. The Kier molecular flexibility index (Phi) is 2.99. The van der Waals surface area contributed by atoms with E-state index in [-0.39, 0.29) is 5.95 Å². The van der Waals surface area contributed by atoms with Gasteiger partial charge >= 0.3 is 0 Å². The molecule has 5 N–H and O–H groups in total. The molecule has 2 heterocycles. The summed E-state index contributed by atoms with van der Waals surface area (Å²) in [6.07, 6.45) is 0. The van der Waals surface area contributed by atoms with Crippen LogP contribution in [-0.2, 0) is 0 Å². The molecule has 0 aromatic carbocycles. The Morgan fingerprint density at radius 3 is 2.59 bits per heavy atom. The van der Waals surface area contributed by atoms with Crippen molar-refractivity contribution in [1.29, 1.82) is 0 Å². The van der Waals surface area contributed by atoms with Crippen molar-refractivity contribution in [2.24, 2.45) is 5.84 Å². The van der Waals surface area contributed by atoms with Gasteiger partial charge in [0.25, 0.3) is 0 Å². The summed E-state index contributed by atoms with van der Waals surface area (Å²) in [4.78, 5) is 8.03. The molecule has 0 aliphatic carbocycles. The van der Waals surface area contributed by atoms with Crippen LogP contribution < -0.4 is 17.0 Å². The van der Waals surface area contributed by atoms with Crippen molar-refractivity contribution < 1.29 is 0 Å². The molecule has 8 heteroatoms. The summed E-state index contributed by atoms with van der Waals surface area (Å²) in [6.45, 7) is 3.83. The lowest BCUT2D eigenvalue weighted by Gasteiger charge is -2.06. The molecule has 17 heavy (non-hydrogen) atoms. The molecule has 90 valence electrons. The van der Waals surface area contributed by atoms with E-state index in [1.165, 1.54) is 0 Å². The highest BCUT2D eigenvalue weighted by atomic mass is 79.9. The Morgan fingerprint density at radius 1 is 1.35 bits per heavy atom. The quantitative estimate of drug-likeness (QED) is 0.562. The number of nitrogens with one attached hydrogen (secondary N) is 1. The third-order valence-corrected chi connectivity index (χ3v) is 3.45. The summed E-state index contributed by atoms with van der Waals surface area (Å²) >= 11 is 3.45. The first-order valence-electron chi connectivity index (χ1n) is 4.86. The molecule has 7 nitrogen and oxygen atoms in total. The van der Waals surface area contributed by atoms with E-state index in [1.807, 2.05) is 13.8 Å². The monoisotopic (exact) mass is 297 g/mol. The summed E-state index contributed by atoms with van der Waals surface area (Å²) in [5, 5.41) is 4.35. The van der Waals surface area contributed by atoms with Gasteiger partial charge in [0.15, 0.2) is 5.82 Å². The fourth-order valence-corrected chi connectivity index (χ4v) is 1.73. The van der Waals surface area contributed by atoms with Crippen molar-refractivity contribution in [3.63, 3.8) is 0 Å². The number of halogens is 1. The van der Waals surface area contributed by atoms with E-state index in [9.17, 15) is 0 Å². The number of aryl methyl sites for hydroxylation is 1.